The van der Waals surface area contributed by atoms with Crippen LogP contribution in [-0.4, -0.2) is 21.2 Å². The maximum Gasteiger partial charge on any atom is 0.0739 e. The van der Waals surface area contributed by atoms with Crippen LogP contribution in [0.4, 0.5) is 0 Å². The minimum atomic E-state index is 0.275. The molecule has 1 saturated carbocycles. The summed E-state index contributed by atoms with van der Waals surface area (Å²) < 4.78 is 3.04. The molecule has 96 valence electrons. The van der Waals surface area contributed by atoms with Gasteiger partial charge in [0.05, 0.1) is 15.9 Å². The first-order chi connectivity index (χ1) is 8.09. The van der Waals surface area contributed by atoms with Crippen molar-refractivity contribution in [3.05, 3.63) is 15.9 Å². The van der Waals surface area contributed by atoms with Gasteiger partial charge in [0, 0.05) is 25.0 Å². The third kappa shape index (κ3) is 3.04. The largest absolute Gasteiger partial charge is 0.307 e. The van der Waals surface area contributed by atoms with Crippen molar-refractivity contribution in [2.75, 3.05) is 0 Å². The molecule has 0 aliphatic heterocycles. The van der Waals surface area contributed by atoms with Gasteiger partial charge in [-0.1, -0.05) is 12.8 Å². The number of halogens is 2. The number of alkyl halides is 1. The smallest absolute Gasteiger partial charge is 0.0739 e. The Balaban J connectivity index is 1.97. The van der Waals surface area contributed by atoms with Crippen LogP contribution in [-0.2, 0) is 13.6 Å². The van der Waals surface area contributed by atoms with Gasteiger partial charge in [-0.2, -0.15) is 5.10 Å². The van der Waals surface area contributed by atoms with E-state index in [1.54, 1.807) is 0 Å². The third-order valence-corrected chi connectivity index (χ3v) is 5.03. The lowest BCUT2D eigenvalue weighted by Gasteiger charge is -2.28. The zero-order valence-corrected chi connectivity index (χ0v) is 12.7. The molecule has 1 heterocycles. The van der Waals surface area contributed by atoms with E-state index in [-0.39, 0.29) is 5.38 Å². The molecule has 0 radical (unpaired) electrons. The molecule has 3 nitrogen and oxygen atoms in total. The molecule has 2 atom stereocenters. The SMILES string of the molecule is Cc1nn(C)c(CNC2CCCCC2Cl)c1Br. The molecule has 2 unspecified atom stereocenters. The summed E-state index contributed by atoms with van der Waals surface area (Å²) in [6.45, 7) is 2.84. The quantitative estimate of drug-likeness (QED) is 0.867. The van der Waals surface area contributed by atoms with Crippen molar-refractivity contribution in [2.24, 2.45) is 7.05 Å². The van der Waals surface area contributed by atoms with E-state index in [4.69, 9.17) is 11.6 Å². The second-order valence-electron chi connectivity index (χ2n) is 4.76. The Morgan fingerprint density at radius 3 is 2.76 bits per heavy atom. The van der Waals surface area contributed by atoms with Crippen molar-refractivity contribution >= 4 is 27.5 Å². The van der Waals surface area contributed by atoms with Crippen LogP contribution in [0.2, 0.25) is 0 Å². The highest BCUT2D eigenvalue weighted by molar-refractivity contribution is 9.10. The third-order valence-electron chi connectivity index (χ3n) is 3.47. The standard InChI is InChI=1S/C12H19BrClN3/c1-8-12(13)11(17(2)16-8)7-15-10-6-4-3-5-9(10)14/h9-10,15H,3-7H2,1-2H3. The molecule has 0 aromatic carbocycles. The molecule has 1 aliphatic carbocycles. The average molecular weight is 321 g/mol. The number of aryl methyl sites for hydroxylation is 2. The summed E-state index contributed by atoms with van der Waals surface area (Å²) in [5, 5.41) is 8.22. The van der Waals surface area contributed by atoms with E-state index in [1.807, 2.05) is 18.7 Å². The monoisotopic (exact) mass is 319 g/mol. The first-order valence-corrected chi connectivity index (χ1v) is 7.38. The van der Waals surface area contributed by atoms with E-state index < -0.39 is 0 Å². The van der Waals surface area contributed by atoms with Gasteiger partial charge in [-0.05, 0) is 35.7 Å². The Bertz CT molecular complexity index is 391. The summed E-state index contributed by atoms with van der Waals surface area (Å²) in [6.07, 6.45) is 4.86. The van der Waals surface area contributed by atoms with Gasteiger partial charge in [0.2, 0.25) is 0 Å². The molecule has 5 heteroatoms. The highest BCUT2D eigenvalue weighted by Gasteiger charge is 2.23. The van der Waals surface area contributed by atoms with E-state index in [1.165, 1.54) is 25.0 Å². The van der Waals surface area contributed by atoms with Gasteiger partial charge in [0.15, 0.2) is 0 Å². The Labute approximate surface area is 116 Å². The predicted octanol–water partition coefficient (Wildman–Crippen LogP) is 3.13. The summed E-state index contributed by atoms with van der Waals surface area (Å²) in [5.41, 5.74) is 2.23. The lowest BCUT2D eigenvalue weighted by atomic mass is 9.95. The van der Waals surface area contributed by atoms with Gasteiger partial charge in [-0.3, -0.25) is 4.68 Å². The van der Waals surface area contributed by atoms with Crippen molar-refractivity contribution in [1.29, 1.82) is 0 Å². The van der Waals surface area contributed by atoms with E-state index in [2.05, 4.69) is 26.3 Å². The van der Waals surface area contributed by atoms with Crippen molar-refractivity contribution in [3.8, 4) is 0 Å². The molecule has 1 fully saturated rings. The van der Waals surface area contributed by atoms with E-state index >= 15 is 0 Å². The molecular weight excluding hydrogens is 302 g/mol. The Morgan fingerprint density at radius 2 is 2.18 bits per heavy atom. The highest BCUT2D eigenvalue weighted by atomic mass is 79.9. The fourth-order valence-corrected chi connectivity index (χ4v) is 3.26. The van der Waals surface area contributed by atoms with Gasteiger partial charge in [-0.25, -0.2) is 0 Å². The van der Waals surface area contributed by atoms with Crippen LogP contribution >= 0.6 is 27.5 Å². The summed E-state index contributed by atoms with van der Waals surface area (Å²) >= 11 is 9.92. The molecule has 0 saturated heterocycles. The molecule has 1 aromatic heterocycles. The number of nitrogens with zero attached hydrogens (tertiary/aromatic N) is 2. The van der Waals surface area contributed by atoms with Crippen molar-refractivity contribution < 1.29 is 0 Å². The van der Waals surface area contributed by atoms with Crippen LogP contribution in [0, 0.1) is 6.92 Å². The van der Waals surface area contributed by atoms with E-state index in [9.17, 15) is 0 Å². The molecule has 0 bridgehead atoms. The topological polar surface area (TPSA) is 29.9 Å². The van der Waals surface area contributed by atoms with Crippen molar-refractivity contribution in [3.63, 3.8) is 0 Å². The number of nitrogens with one attached hydrogen (secondary N) is 1. The van der Waals surface area contributed by atoms with Crippen LogP contribution in [0.25, 0.3) is 0 Å². The summed E-state index contributed by atoms with van der Waals surface area (Å²) in [4.78, 5) is 0. The van der Waals surface area contributed by atoms with Crippen LogP contribution in [0.15, 0.2) is 4.47 Å². The molecule has 0 spiro atoms. The molecular formula is C12H19BrClN3. The second-order valence-corrected chi connectivity index (χ2v) is 6.11. The molecule has 1 N–H and O–H groups in total. The second kappa shape index (κ2) is 5.72. The Morgan fingerprint density at radius 1 is 1.47 bits per heavy atom. The molecule has 1 aliphatic rings. The summed E-state index contributed by atoms with van der Waals surface area (Å²) in [5.74, 6) is 0. The maximum atomic E-state index is 6.34. The fraction of sp³-hybridized carbons (Fsp3) is 0.750. The number of aromatic nitrogens is 2. The van der Waals surface area contributed by atoms with Crippen LogP contribution in [0.3, 0.4) is 0 Å². The first kappa shape index (κ1) is 13.4. The summed E-state index contributed by atoms with van der Waals surface area (Å²) in [6, 6.07) is 0.438. The van der Waals surface area contributed by atoms with E-state index in [0.717, 1.165) is 23.1 Å². The fourth-order valence-electron chi connectivity index (χ4n) is 2.42. The average Bonchev–Trinajstić information content (AvgIpc) is 2.53. The Hall–Kier alpha value is -0.0600. The van der Waals surface area contributed by atoms with Crippen LogP contribution < -0.4 is 5.32 Å². The molecule has 2 rings (SSSR count). The predicted molar refractivity (Wildman–Crippen MR) is 74.4 cm³/mol. The highest BCUT2D eigenvalue weighted by Crippen LogP contribution is 2.24. The molecule has 0 amide bonds. The van der Waals surface area contributed by atoms with Crippen molar-refractivity contribution in [2.45, 2.75) is 50.6 Å². The minimum Gasteiger partial charge on any atom is -0.307 e. The minimum absolute atomic E-state index is 0.275. The number of hydrogen-bond donors (Lipinski definition) is 1. The summed E-state index contributed by atoms with van der Waals surface area (Å²) in [7, 11) is 1.98. The first-order valence-electron chi connectivity index (χ1n) is 6.15. The maximum absolute atomic E-state index is 6.34. The number of hydrogen-bond acceptors (Lipinski definition) is 2. The van der Waals surface area contributed by atoms with Gasteiger partial charge in [0.25, 0.3) is 0 Å². The van der Waals surface area contributed by atoms with Crippen molar-refractivity contribution in [1.82, 2.24) is 15.1 Å². The normalized spacial score (nSPS) is 25.2. The lowest BCUT2D eigenvalue weighted by molar-refractivity contribution is 0.374. The van der Waals surface area contributed by atoms with Gasteiger partial charge in [0.1, 0.15) is 0 Å². The van der Waals surface area contributed by atoms with Gasteiger partial charge < -0.3 is 5.32 Å². The van der Waals surface area contributed by atoms with Gasteiger partial charge in [-0.15, -0.1) is 11.6 Å². The molecule has 17 heavy (non-hydrogen) atoms. The van der Waals surface area contributed by atoms with Crippen LogP contribution in [0.5, 0.6) is 0 Å². The number of rotatable bonds is 3. The molecule has 1 aromatic rings. The zero-order chi connectivity index (χ0) is 12.4. The van der Waals surface area contributed by atoms with Gasteiger partial charge >= 0.3 is 0 Å². The van der Waals surface area contributed by atoms with E-state index in [0.29, 0.717) is 6.04 Å². The zero-order valence-electron chi connectivity index (χ0n) is 10.3. The van der Waals surface area contributed by atoms with Crippen LogP contribution in [0.1, 0.15) is 37.1 Å². The lowest BCUT2D eigenvalue weighted by Crippen LogP contribution is -2.39. The Kier molecular flexibility index (Phi) is 4.50.